The molecule has 0 aliphatic heterocycles. The number of Topliss-reactive ketones (excluding diaryl/α,β-unsaturated/α-hetero) is 5. The summed E-state index contributed by atoms with van der Waals surface area (Å²) in [5, 5.41) is 27.0. The highest BCUT2D eigenvalue weighted by Crippen LogP contribution is 2.37. The van der Waals surface area contributed by atoms with E-state index in [1.807, 2.05) is 236 Å². The van der Waals surface area contributed by atoms with Gasteiger partial charge in [-0.2, -0.15) is 15.0 Å². The molecule has 0 unspecified atom stereocenters. The van der Waals surface area contributed by atoms with Crippen LogP contribution in [0.3, 0.4) is 0 Å². The zero-order chi connectivity index (χ0) is 100. The molecule has 0 saturated heterocycles. The van der Waals surface area contributed by atoms with Gasteiger partial charge in [-0.3, -0.25) is 28.7 Å². The highest BCUT2D eigenvalue weighted by atomic mass is 32.1. The zero-order valence-corrected chi connectivity index (χ0v) is 85.4. The van der Waals surface area contributed by atoms with Crippen LogP contribution in [0.15, 0.2) is 283 Å². The second kappa shape index (κ2) is 41.4. The van der Waals surface area contributed by atoms with E-state index in [1.54, 1.807) is 24.3 Å². The molecule has 0 aliphatic carbocycles. The van der Waals surface area contributed by atoms with Gasteiger partial charge in [-0.1, -0.05) is 213 Å². The number of ketones is 5. The van der Waals surface area contributed by atoms with Crippen molar-refractivity contribution in [1.82, 2.24) is 91.4 Å². The number of hydrogen-bond acceptors (Lipinski definition) is 22. The lowest BCUT2D eigenvalue weighted by Crippen LogP contribution is -2.10. The van der Waals surface area contributed by atoms with Crippen LogP contribution < -0.4 is 0 Å². The molecule has 0 spiro atoms. The number of rotatable bonds is 22. The molecule has 29 heteroatoms. The first-order valence-electron chi connectivity index (χ1n) is 47.1. The summed E-state index contributed by atoms with van der Waals surface area (Å²) in [6.45, 7) is 27.9. The summed E-state index contributed by atoms with van der Waals surface area (Å²) in [6.07, 6.45) is 11.4. The van der Waals surface area contributed by atoms with Gasteiger partial charge in [-0.15, -0.1) is 44.2 Å². The first kappa shape index (κ1) is 96.4. The van der Waals surface area contributed by atoms with Crippen LogP contribution in [0.25, 0.3) is 110 Å². The Hall–Kier alpha value is -16.5. The minimum absolute atomic E-state index is 0.00530. The molecule has 6 aromatic carbocycles. The molecule has 0 radical (unpaired) electrons. The van der Waals surface area contributed by atoms with Crippen LogP contribution in [-0.2, 0) is 39.2 Å². The summed E-state index contributed by atoms with van der Waals surface area (Å²) in [4.78, 5) is 99.2. The Labute approximate surface area is 846 Å². The minimum atomic E-state index is -0.0847. The molecule has 716 valence electrons. The Morgan fingerprint density at radius 1 is 0.340 bits per heavy atom. The monoisotopic (exact) mass is 1970 g/mol. The van der Waals surface area contributed by atoms with E-state index in [-0.39, 0.29) is 54.6 Å². The van der Waals surface area contributed by atoms with Crippen molar-refractivity contribution in [3.05, 3.63) is 412 Å². The fourth-order valence-electron chi connectivity index (χ4n) is 17.3. The van der Waals surface area contributed by atoms with Crippen molar-refractivity contribution in [2.45, 2.75) is 129 Å². The molecule has 0 atom stereocenters. The maximum atomic E-state index is 13.4. The van der Waals surface area contributed by atoms with E-state index in [0.29, 0.717) is 45.5 Å². The zero-order valence-electron chi connectivity index (χ0n) is 82.2. The smallest absolute Gasteiger partial charge is 0.190 e. The number of carbonyl (C=O) groups is 5. The molecule has 17 aromatic heterocycles. The Kier molecular flexibility index (Phi) is 27.7. The van der Waals surface area contributed by atoms with Gasteiger partial charge in [0, 0.05) is 82.7 Å². The van der Waals surface area contributed by atoms with E-state index in [0.717, 1.165) is 189 Å². The number of pyridine rings is 5. The molecule has 0 fully saturated rings. The van der Waals surface area contributed by atoms with E-state index in [1.165, 1.54) is 55.3 Å². The summed E-state index contributed by atoms with van der Waals surface area (Å²) in [6, 6.07) is 78.6. The van der Waals surface area contributed by atoms with E-state index in [9.17, 15) is 24.0 Å². The first-order valence-corrected chi connectivity index (χ1v) is 50.4. The number of thiazole rings is 1. The average molecular weight is 1970 g/mol. The summed E-state index contributed by atoms with van der Waals surface area (Å²) in [7, 11) is 1.92. The van der Waals surface area contributed by atoms with E-state index in [2.05, 4.69) is 196 Å². The SMILES string of the molecule is Cc1ccc(-c2nc3ccc(C)cn3c2CC(=O)c2cc(C)on2)cc1.Cc1ccc(-c2nc3ccc(C)cn3c2CC(=O)c2cc3c(C)nn(C)c3s2)cc1.Cc1ccc(-c2nc3ccc(C)cn3c2CC(=O)c2csc(-c3cccs3)n2)cc1.Cc1ccc(-c2nc3ccc(C)cn3c2CC(=O)c2nn(-c3ccccc3)nc2C)cc1.Cc1ccc(-c2nc3ccc(C)cn3c2CC(=O)c2snnc2C)cc1. The molecule has 25 nitrogen and oxygen atoms in total. The lowest BCUT2D eigenvalue weighted by atomic mass is 10.0. The summed E-state index contributed by atoms with van der Waals surface area (Å²) in [5.74, 6) is 0.591. The molecule has 0 N–H and O–H groups in total. The lowest BCUT2D eigenvalue weighted by Gasteiger charge is -2.06. The maximum absolute atomic E-state index is 13.4. The second-order valence-electron chi connectivity index (χ2n) is 36.4. The Balaban J connectivity index is 0.000000114. The third kappa shape index (κ3) is 20.9. The van der Waals surface area contributed by atoms with Crippen LogP contribution in [-0.4, -0.2) is 120 Å². The molecule has 0 bridgehead atoms. The topological polar surface area (TPSA) is 285 Å². The molecular weight excluding hydrogens is 1870 g/mol. The van der Waals surface area contributed by atoms with Gasteiger partial charge in [-0.25, -0.2) is 29.9 Å². The van der Waals surface area contributed by atoms with Gasteiger partial charge in [0.2, 0.25) is 0 Å². The van der Waals surface area contributed by atoms with Crippen molar-refractivity contribution in [2.24, 2.45) is 7.05 Å². The van der Waals surface area contributed by atoms with Crippen molar-refractivity contribution in [2.75, 3.05) is 0 Å². The van der Waals surface area contributed by atoms with Crippen LogP contribution in [0.1, 0.15) is 158 Å². The number of carbonyl (C=O) groups excluding carboxylic acids is 5. The number of hydrogen-bond donors (Lipinski definition) is 0. The molecule has 0 aliphatic rings. The molecule has 0 amide bonds. The second-order valence-corrected chi connectivity index (χ2v) is 40.0. The van der Waals surface area contributed by atoms with Gasteiger partial charge in [0.1, 0.15) is 60.1 Å². The van der Waals surface area contributed by atoms with E-state index in [4.69, 9.17) is 29.4 Å². The average Bonchev–Trinajstić information content (AvgIpc) is 1.63. The van der Waals surface area contributed by atoms with Crippen LogP contribution >= 0.6 is 45.5 Å². The Morgan fingerprint density at radius 3 is 1.08 bits per heavy atom. The largest absolute Gasteiger partial charge is 0.361 e. The third-order valence-corrected chi connectivity index (χ3v) is 28.9. The Bertz CT molecular complexity index is 8730. The molecule has 0 saturated carbocycles. The normalized spacial score (nSPS) is 11.3. The van der Waals surface area contributed by atoms with Gasteiger partial charge < -0.3 is 26.5 Å². The number of benzene rings is 6. The third-order valence-electron chi connectivity index (χ3n) is 24.9. The maximum Gasteiger partial charge on any atom is 0.190 e. The highest BCUT2D eigenvalue weighted by Gasteiger charge is 2.29. The van der Waals surface area contributed by atoms with E-state index >= 15 is 0 Å². The van der Waals surface area contributed by atoms with Gasteiger partial charge >= 0.3 is 0 Å². The van der Waals surface area contributed by atoms with Crippen molar-refractivity contribution in [3.8, 4) is 71.9 Å². The van der Waals surface area contributed by atoms with Gasteiger partial charge in [0.25, 0.3) is 0 Å². The van der Waals surface area contributed by atoms with Crippen molar-refractivity contribution >= 4 is 113 Å². The fourth-order valence-corrected chi connectivity index (χ4v) is 20.6. The van der Waals surface area contributed by atoms with Crippen LogP contribution in [0.2, 0.25) is 0 Å². The number of aromatic nitrogens is 19. The van der Waals surface area contributed by atoms with Crippen molar-refractivity contribution in [1.29, 1.82) is 0 Å². The Morgan fingerprint density at radius 2 is 0.715 bits per heavy atom. The number of thiophene rings is 2. The molecular formula is C115H101N19O6S4. The summed E-state index contributed by atoms with van der Waals surface area (Å²) >= 11 is 5.81. The predicted octanol–water partition coefficient (Wildman–Crippen LogP) is 25.0. The number of imidazole rings is 5. The van der Waals surface area contributed by atoms with Crippen molar-refractivity contribution < 1.29 is 28.5 Å². The first-order chi connectivity index (χ1) is 69.5. The van der Waals surface area contributed by atoms with Crippen LogP contribution in [0, 0.1) is 96.9 Å². The highest BCUT2D eigenvalue weighted by molar-refractivity contribution is 7.20. The number of aryl methyl sites for hydroxylation is 15. The van der Waals surface area contributed by atoms with Crippen LogP contribution in [0.5, 0.6) is 0 Å². The minimum Gasteiger partial charge on any atom is -0.361 e. The molecule has 23 rings (SSSR count). The van der Waals surface area contributed by atoms with E-state index < -0.39 is 0 Å². The van der Waals surface area contributed by atoms with Crippen LogP contribution in [0.4, 0.5) is 0 Å². The molecule has 17 heterocycles. The standard InChI is InChI=1S/C26H23N5O.C24H22N4OS.C24H19N3OS2.C21H19N3O2.C20H18N4OS/c1-17-9-12-20(13-10-17)26-22(30-16-18(2)11-14-24(30)27-26)15-23(32)25-19(3)28-31(29-25)21-7-5-4-6-8-21;1-14-5-8-17(9-6-14)23-19(28-13-15(2)7-10-22(28)25-23)12-20(29)21-11-18-16(3)26-27(4)24(18)30-21;1-15-5-8-17(9-6-15)23-19(27-13-16(2)7-10-22(27)26-23)12-20(28)18-14-30-24(25-18)21-4-3-11-29-21;1-13-4-7-16(8-5-13)21-18(11-19(25)17-10-15(3)26-23-17)24-12-14(2)6-9-20(24)22-21;1-12-4-7-15(8-5-12)19-16(10-17(25)20-14(3)22-23-26-20)24-11-13(2)6-9-18(24)21-19/h4-14,16H,15H2,1-3H3;5-11,13H,12H2,1-4H3;3-11,13-14H,12H2,1-2H3;4-10,12H,11H2,1-3H3;4-9,11H,10H2,1-3H3. The lowest BCUT2D eigenvalue weighted by molar-refractivity contribution is 0.0975. The number of para-hydroxylation sites is 1. The number of nitrogens with zero attached hydrogens (tertiary/aromatic N) is 19. The molecule has 23 aromatic rings. The van der Waals surface area contributed by atoms with Gasteiger partial charge in [0.05, 0.1) is 122 Å². The fraction of sp³-hybridized carbons (Fsp3) is 0.174. The van der Waals surface area contributed by atoms with Gasteiger partial charge in [0.15, 0.2) is 34.6 Å². The number of fused-ring (bicyclic) bond motifs is 6. The van der Waals surface area contributed by atoms with Gasteiger partial charge in [-0.05, 0) is 196 Å². The molecule has 144 heavy (non-hydrogen) atoms. The van der Waals surface area contributed by atoms with Crippen molar-refractivity contribution in [3.63, 3.8) is 0 Å². The predicted molar refractivity (Wildman–Crippen MR) is 571 cm³/mol. The summed E-state index contributed by atoms with van der Waals surface area (Å²) in [5.41, 5.74) is 33.7. The quantitative estimate of drug-likeness (QED) is 0.0570. The summed E-state index contributed by atoms with van der Waals surface area (Å²) < 4.78 is 20.9.